The Kier molecular flexibility index (Phi) is 4.44. The van der Waals surface area contributed by atoms with Crippen molar-refractivity contribution >= 4 is 33.9 Å². The highest BCUT2D eigenvalue weighted by Crippen LogP contribution is 2.29. The second-order valence-corrected chi connectivity index (χ2v) is 6.27. The number of para-hydroxylation sites is 1. The van der Waals surface area contributed by atoms with Gasteiger partial charge in [0.1, 0.15) is 16.4 Å². The maximum absolute atomic E-state index is 11.1. The van der Waals surface area contributed by atoms with Crippen molar-refractivity contribution < 1.29 is 9.34 Å². The van der Waals surface area contributed by atoms with E-state index in [2.05, 4.69) is 4.99 Å². The Labute approximate surface area is 159 Å². The summed E-state index contributed by atoms with van der Waals surface area (Å²) < 4.78 is 6.02. The maximum atomic E-state index is 11.1. The molecule has 1 aromatic heterocycles. The van der Waals surface area contributed by atoms with Crippen molar-refractivity contribution in [1.82, 2.24) is 0 Å². The molecule has 6 heteroatoms. The van der Waals surface area contributed by atoms with E-state index in [1.807, 2.05) is 60.7 Å². The van der Waals surface area contributed by atoms with Gasteiger partial charge in [0.05, 0.1) is 16.0 Å². The highest BCUT2D eigenvalue weighted by atomic mass is 35.5. The summed E-state index contributed by atoms with van der Waals surface area (Å²) in [5, 5.41) is 12.7. The third kappa shape index (κ3) is 3.45. The minimum absolute atomic E-state index is 0.0804. The lowest BCUT2D eigenvalue weighted by Gasteiger charge is -2.05. The molecule has 4 aromatic rings. The summed E-state index contributed by atoms with van der Waals surface area (Å²) in [5.74, 6) is 0.663. The van der Waals surface area contributed by atoms with Gasteiger partial charge in [0.15, 0.2) is 0 Å². The quantitative estimate of drug-likeness (QED) is 0.330. The van der Waals surface area contributed by atoms with E-state index in [0.717, 1.165) is 10.9 Å². The van der Waals surface area contributed by atoms with Gasteiger partial charge in [-0.25, -0.2) is 4.99 Å². The second kappa shape index (κ2) is 7.05. The molecule has 132 valence electrons. The second-order valence-electron chi connectivity index (χ2n) is 5.86. The van der Waals surface area contributed by atoms with Crippen molar-refractivity contribution in [3.8, 4) is 11.3 Å². The van der Waals surface area contributed by atoms with Crippen LogP contribution < -0.4 is 5.36 Å². The van der Waals surface area contributed by atoms with Gasteiger partial charge < -0.3 is 4.42 Å². The van der Waals surface area contributed by atoms with Crippen LogP contribution in [0, 0.1) is 10.1 Å². The van der Waals surface area contributed by atoms with E-state index in [9.17, 15) is 10.1 Å². The van der Waals surface area contributed by atoms with E-state index in [1.54, 1.807) is 6.07 Å². The molecule has 3 aromatic carbocycles. The van der Waals surface area contributed by atoms with E-state index in [4.69, 9.17) is 16.0 Å². The number of nitrogens with zero attached hydrogens (tertiary/aromatic N) is 2. The van der Waals surface area contributed by atoms with Crippen molar-refractivity contribution in [2.45, 2.75) is 0 Å². The molecule has 27 heavy (non-hydrogen) atoms. The minimum Gasteiger partial charge on any atom is -0.456 e. The van der Waals surface area contributed by atoms with Crippen molar-refractivity contribution in [2.24, 2.45) is 4.99 Å². The predicted octanol–water partition coefficient (Wildman–Crippen LogP) is 5.89. The topological polar surface area (TPSA) is 68.6 Å². The van der Waals surface area contributed by atoms with Gasteiger partial charge >= 0.3 is 0 Å². The zero-order chi connectivity index (χ0) is 18.8. The summed E-state index contributed by atoms with van der Waals surface area (Å²) >= 11 is 5.90. The Morgan fingerprint density at radius 2 is 1.67 bits per heavy atom. The van der Waals surface area contributed by atoms with Crippen molar-refractivity contribution in [2.75, 3.05) is 0 Å². The molecule has 0 atom stereocenters. The van der Waals surface area contributed by atoms with Crippen LogP contribution in [0.25, 0.3) is 22.3 Å². The van der Waals surface area contributed by atoms with Crippen LogP contribution in [-0.4, -0.2) is 4.92 Å². The fraction of sp³-hybridized carbons (Fsp3) is 0. The lowest BCUT2D eigenvalue weighted by molar-refractivity contribution is -0.384. The number of hydrogen-bond donors (Lipinski definition) is 0. The molecule has 0 aliphatic carbocycles. The van der Waals surface area contributed by atoms with Crippen LogP contribution in [-0.2, 0) is 0 Å². The molecule has 0 fully saturated rings. The van der Waals surface area contributed by atoms with Gasteiger partial charge in [-0.15, -0.1) is 0 Å². The van der Waals surface area contributed by atoms with Crippen LogP contribution in [0.3, 0.4) is 0 Å². The van der Waals surface area contributed by atoms with Crippen LogP contribution in [0.15, 0.2) is 88.3 Å². The Hall–Kier alpha value is -3.44. The Morgan fingerprint density at radius 1 is 0.926 bits per heavy atom. The average molecular weight is 377 g/mol. The van der Waals surface area contributed by atoms with E-state index < -0.39 is 4.92 Å². The van der Waals surface area contributed by atoms with Crippen molar-refractivity contribution in [3.05, 3.63) is 99.4 Å². The Balaban J connectivity index is 1.97. The number of nitro benzene ring substituents is 1. The molecule has 0 amide bonds. The van der Waals surface area contributed by atoms with E-state index >= 15 is 0 Å². The standard InChI is InChI=1S/C21H13ClN2O3/c22-17-11-10-15(12-19(17)24(25)26)23-18-13-21(14-6-2-1-3-7-14)27-20-9-5-4-8-16(18)20/h1-13H. The van der Waals surface area contributed by atoms with Gasteiger partial charge in [0.2, 0.25) is 0 Å². The summed E-state index contributed by atoms with van der Waals surface area (Å²) in [6.45, 7) is 0. The molecule has 0 saturated carbocycles. The van der Waals surface area contributed by atoms with Gasteiger partial charge in [-0.2, -0.15) is 0 Å². The maximum Gasteiger partial charge on any atom is 0.290 e. The zero-order valence-electron chi connectivity index (χ0n) is 14.0. The van der Waals surface area contributed by atoms with Gasteiger partial charge in [0.25, 0.3) is 5.69 Å². The number of fused-ring (bicyclic) bond motifs is 1. The number of benzene rings is 3. The summed E-state index contributed by atoms with van der Waals surface area (Å²) in [4.78, 5) is 15.2. The van der Waals surface area contributed by atoms with E-state index in [1.165, 1.54) is 12.1 Å². The molecule has 0 aliphatic rings. The molecule has 4 rings (SSSR count). The summed E-state index contributed by atoms with van der Waals surface area (Å²) in [6.07, 6.45) is 0. The highest BCUT2D eigenvalue weighted by Gasteiger charge is 2.13. The van der Waals surface area contributed by atoms with Gasteiger partial charge in [-0.1, -0.05) is 54.1 Å². The smallest absolute Gasteiger partial charge is 0.290 e. The third-order valence-corrected chi connectivity index (χ3v) is 4.40. The molecule has 0 spiro atoms. The highest BCUT2D eigenvalue weighted by molar-refractivity contribution is 6.32. The minimum atomic E-state index is -0.519. The molecular formula is C21H13ClN2O3. The number of rotatable bonds is 3. The lowest BCUT2D eigenvalue weighted by Crippen LogP contribution is -2.03. The number of hydrogen-bond acceptors (Lipinski definition) is 4. The van der Waals surface area contributed by atoms with Gasteiger partial charge in [0, 0.05) is 23.1 Å². The SMILES string of the molecule is O=[N+]([O-])c1cc(N=c2cc(-c3ccccc3)oc3ccccc23)ccc1Cl. The van der Waals surface area contributed by atoms with Crippen LogP contribution in [0.1, 0.15) is 0 Å². The average Bonchev–Trinajstić information content (AvgIpc) is 2.70. The van der Waals surface area contributed by atoms with E-state index in [0.29, 0.717) is 22.4 Å². The first-order valence-electron chi connectivity index (χ1n) is 8.19. The van der Waals surface area contributed by atoms with E-state index in [-0.39, 0.29) is 10.7 Å². The Bertz CT molecular complexity index is 1220. The third-order valence-electron chi connectivity index (χ3n) is 4.09. The molecule has 0 unspecified atom stereocenters. The summed E-state index contributed by atoms with van der Waals surface area (Å²) in [7, 11) is 0. The normalized spacial score (nSPS) is 11.7. The monoisotopic (exact) mass is 376 g/mol. The summed E-state index contributed by atoms with van der Waals surface area (Å²) in [5.41, 5.74) is 1.87. The van der Waals surface area contributed by atoms with Gasteiger partial charge in [-0.05, 0) is 24.3 Å². The first-order chi connectivity index (χ1) is 13.1. The summed E-state index contributed by atoms with van der Waals surface area (Å²) in [6, 6.07) is 23.6. The molecule has 0 bridgehead atoms. The van der Waals surface area contributed by atoms with Crippen LogP contribution in [0.2, 0.25) is 5.02 Å². The molecule has 0 N–H and O–H groups in total. The lowest BCUT2D eigenvalue weighted by atomic mass is 10.1. The molecule has 0 radical (unpaired) electrons. The molecule has 1 heterocycles. The molecule has 0 saturated heterocycles. The molecular weight excluding hydrogens is 364 g/mol. The fourth-order valence-electron chi connectivity index (χ4n) is 2.80. The zero-order valence-corrected chi connectivity index (χ0v) is 14.8. The predicted molar refractivity (Wildman–Crippen MR) is 105 cm³/mol. The largest absolute Gasteiger partial charge is 0.456 e. The number of halogens is 1. The number of nitro groups is 1. The Morgan fingerprint density at radius 3 is 2.44 bits per heavy atom. The van der Waals surface area contributed by atoms with Crippen LogP contribution in [0.4, 0.5) is 11.4 Å². The molecule has 5 nitrogen and oxygen atoms in total. The van der Waals surface area contributed by atoms with Crippen LogP contribution in [0.5, 0.6) is 0 Å². The van der Waals surface area contributed by atoms with Crippen LogP contribution >= 0.6 is 11.6 Å². The molecule has 0 aliphatic heterocycles. The first-order valence-corrected chi connectivity index (χ1v) is 8.56. The van der Waals surface area contributed by atoms with Gasteiger partial charge in [-0.3, -0.25) is 10.1 Å². The van der Waals surface area contributed by atoms with Crippen molar-refractivity contribution in [3.63, 3.8) is 0 Å². The first kappa shape index (κ1) is 17.0. The van der Waals surface area contributed by atoms with Crippen molar-refractivity contribution in [1.29, 1.82) is 0 Å². The fourth-order valence-corrected chi connectivity index (χ4v) is 2.99.